The van der Waals surface area contributed by atoms with Crippen LogP contribution in [0.5, 0.6) is 0 Å². The number of aliphatic hydroxyl groups is 4. The summed E-state index contributed by atoms with van der Waals surface area (Å²) < 4.78 is 44.2. The van der Waals surface area contributed by atoms with Gasteiger partial charge in [0.25, 0.3) is 0 Å². The molecule has 14 nitrogen and oxygen atoms in total. The molecule has 14 heteroatoms. The fraction of sp³-hybridized carbons (Fsp3) is 0.900. The zero-order valence-electron chi connectivity index (χ0n) is 34.7. The van der Waals surface area contributed by atoms with Crippen molar-refractivity contribution in [3.05, 3.63) is 0 Å². The number of carbonyl (C=O) groups excluding carboxylic acids is 2. The van der Waals surface area contributed by atoms with E-state index in [1.165, 1.54) is 21.0 Å². The van der Waals surface area contributed by atoms with E-state index >= 15 is 0 Å². The van der Waals surface area contributed by atoms with Crippen molar-refractivity contribution >= 4 is 11.8 Å². The van der Waals surface area contributed by atoms with Gasteiger partial charge in [-0.15, -0.1) is 6.42 Å². The number of esters is 1. The Kier molecular flexibility index (Phi) is 16.1. The molecule has 4 N–H and O–H groups in total. The molecule has 3 fully saturated rings. The molecule has 0 bridgehead atoms. The molecule has 0 aromatic heterocycles. The summed E-state index contributed by atoms with van der Waals surface area (Å²) in [6.45, 7) is 16.7. The predicted molar refractivity (Wildman–Crippen MR) is 199 cm³/mol. The largest absolute Gasteiger partial charge is 0.459 e. The van der Waals surface area contributed by atoms with Crippen molar-refractivity contribution in [3.63, 3.8) is 0 Å². The first kappa shape index (κ1) is 46.6. The number of likely N-dealkylation sites (N-methyl/N-ethyl adjacent to an activating group) is 1. The highest BCUT2D eigenvalue weighted by Gasteiger charge is 2.54. The van der Waals surface area contributed by atoms with Gasteiger partial charge in [0.15, 0.2) is 12.6 Å². The maximum Gasteiger partial charge on any atom is 0.311 e. The lowest BCUT2D eigenvalue weighted by Crippen LogP contribution is -2.61. The molecule has 0 unspecified atom stereocenters. The van der Waals surface area contributed by atoms with Crippen LogP contribution in [0.3, 0.4) is 0 Å². The molecule has 0 amide bonds. The Bertz CT molecular complexity index is 1290. The first-order chi connectivity index (χ1) is 25.0. The minimum Gasteiger partial charge on any atom is -0.459 e. The molecule has 3 rings (SSSR count). The van der Waals surface area contributed by atoms with Gasteiger partial charge in [0, 0.05) is 37.3 Å². The highest BCUT2D eigenvalue weighted by atomic mass is 16.7. The Balaban J connectivity index is 2.27. The summed E-state index contributed by atoms with van der Waals surface area (Å²) in [5.74, 6) is -2.23. The van der Waals surface area contributed by atoms with Crippen molar-refractivity contribution in [2.45, 2.75) is 179 Å². The van der Waals surface area contributed by atoms with E-state index < -0.39 is 102 Å². The number of carbonyl (C=O) groups is 2. The summed E-state index contributed by atoms with van der Waals surface area (Å²) in [5.41, 5.74) is -4.43. The fourth-order valence-electron chi connectivity index (χ4n) is 8.73. The molecule has 0 aromatic carbocycles. The van der Waals surface area contributed by atoms with Gasteiger partial charge in [0.05, 0.1) is 47.6 Å². The Labute approximate surface area is 322 Å². The van der Waals surface area contributed by atoms with Crippen LogP contribution in [0, 0.1) is 36.0 Å². The number of Topliss-reactive ketones (excluding diaryl/α,β-unsaturated/α-hetero) is 1. The van der Waals surface area contributed by atoms with Crippen molar-refractivity contribution < 1.29 is 63.2 Å². The molecule has 3 aliphatic rings. The summed E-state index contributed by atoms with van der Waals surface area (Å²) in [6, 6.07) is -0.316. The molecular formula is C40H69NO13. The van der Waals surface area contributed by atoms with Gasteiger partial charge in [-0.25, -0.2) is 0 Å². The summed E-state index contributed by atoms with van der Waals surface area (Å²) in [6.07, 6.45) is -3.54. The molecule has 0 saturated carbocycles. The van der Waals surface area contributed by atoms with Crippen molar-refractivity contribution in [1.82, 2.24) is 4.90 Å². The third-order valence-electron chi connectivity index (χ3n) is 12.3. The van der Waals surface area contributed by atoms with Crippen LogP contribution < -0.4 is 0 Å². The van der Waals surface area contributed by atoms with E-state index in [1.807, 2.05) is 32.8 Å². The molecule has 0 aromatic rings. The molecule has 312 valence electrons. The second-order valence-corrected chi connectivity index (χ2v) is 16.9. The number of aliphatic hydroxyl groups excluding tert-OH is 3. The molecule has 18 atom stereocenters. The van der Waals surface area contributed by atoms with Gasteiger partial charge in [-0.05, 0) is 74.9 Å². The Hall–Kier alpha value is -1.74. The second-order valence-electron chi connectivity index (χ2n) is 16.9. The molecular weight excluding hydrogens is 702 g/mol. The average Bonchev–Trinajstić information content (AvgIpc) is 3.11. The van der Waals surface area contributed by atoms with Crippen molar-refractivity contribution in [2.75, 3.05) is 27.8 Å². The Morgan fingerprint density at radius 1 is 0.926 bits per heavy atom. The van der Waals surface area contributed by atoms with E-state index in [0.717, 1.165) is 0 Å². The fourth-order valence-corrected chi connectivity index (χ4v) is 8.73. The van der Waals surface area contributed by atoms with Gasteiger partial charge in [-0.2, -0.15) is 0 Å². The number of hydrogen-bond donors (Lipinski definition) is 4. The van der Waals surface area contributed by atoms with Crippen LogP contribution in [-0.2, 0) is 42.7 Å². The van der Waals surface area contributed by atoms with E-state index in [2.05, 4.69) is 5.92 Å². The van der Waals surface area contributed by atoms with E-state index in [0.29, 0.717) is 6.42 Å². The quantitative estimate of drug-likeness (QED) is 0.198. The van der Waals surface area contributed by atoms with Crippen LogP contribution in [-0.4, -0.2) is 149 Å². The minimum atomic E-state index is -1.99. The van der Waals surface area contributed by atoms with Gasteiger partial charge in [-0.3, -0.25) is 9.59 Å². The lowest BCUT2D eigenvalue weighted by atomic mass is 9.73. The number of ketones is 1. The second kappa shape index (κ2) is 18.7. The molecule has 3 saturated heterocycles. The number of methoxy groups -OCH3 is 1. The molecule has 3 heterocycles. The van der Waals surface area contributed by atoms with E-state index in [-0.39, 0.29) is 43.8 Å². The SMILES string of the molecule is C#CCO[C@@]1(C)C[C@@H](C)C(=O)[C@H](C)[C@@H](O)[C@](C)(O)[C@@H](CC)OC(=O)[C@H](C)[C@@H](O[C@H]2C[C@@](C)(OC)[C@@H](O)[C@H](C)O2)[C@H](C)[C@H]1O[C@@H]1O[C@H](C)C[C@H](N(C)C)[C@H]1O. The molecule has 0 radical (unpaired) electrons. The van der Waals surface area contributed by atoms with E-state index in [4.69, 9.17) is 39.6 Å². The van der Waals surface area contributed by atoms with Crippen LogP contribution in [0.4, 0.5) is 0 Å². The molecule has 3 aliphatic heterocycles. The standard InChI is InChI=1S/C40H69NO13/c1-15-17-49-39(10)19-21(3)30(42)23(5)33(44)40(11,47)28(16-2)52-36(46)25(7)32(53-29-20-38(9,48-14)34(45)26(8)51-29)24(6)35(39)54-37-31(43)27(41(12)13)18-22(4)50-37/h1,21-29,31-35,37,43-45,47H,16-20H2,2-14H3/t21-,22-,23+,24+,25-,26+,27+,28-,29+,31-,32+,33-,34+,35-,37+,38-,39+,40-/m1/s1. The number of terminal acetylenes is 1. The van der Waals surface area contributed by atoms with Gasteiger partial charge in [-0.1, -0.05) is 33.6 Å². The molecule has 0 spiro atoms. The zero-order chi connectivity index (χ0) is 41.1. The molecule has 54 heavy (non-hydrogen) atoms. The van der Waals surface area contributed by atoms with Crippen LogP contribution >= 0.6 is 0 Å². The molecule has 0 aliphatic carbocycles. The van der Waals surface area contributed by atoms with Gasteiger partial charge in [0.2, 0.25) is 0 Å². The van der Waals surface area contributed by atoms with Crippen LogP contribution in [0.25, 0.3) is 0 Å². The maximum atomic E-state index is 14.2. The summed E-state index contributed by atoms with van der Waals surface area (Å²) in [4.78, 5) is 30.2. The number of nitrogens with zero attached hydrogens (tertiary/aromatic N) is 1. The topological polar surface area (TPSA) is 183 Å². The van der Waals surface area contributed by atoms with Crippen molar-refractivity contribution in [3.8, 4) is 12.3 Å². The lowest BCUT2D eigenvalue weighted by molar-refractivity contribution is -0.320. The van der Waals surface area contributed by atoms with Crippen molar-refractivity contribution in [2.24, 2.45) is 23.7 Å². The van der Waals surface area contributed by atoms with Crippen molar-refractivity contribution in [1.29, 1.82) is 0 Å². The third kappa shape index (κ3) is 10.0. The summed E-state index contributed by atoms with van der Waals surface area (Å²) in [5, 5.41) is 45.8. The third-order valence-corrected chi connectivity index (χ3v) is 12.3. The minimum absolute atomic E-state index is 0.0326. The summed E-state index contributed by atoms with van der Waals surface area (Å²) in [7, 11) is 5.22. The number of cyclic esters (lactones) is 1. The van der Waals surface area contributed by atoms with E-state index in [1.54, 1.807) is 41.5 Å². The van der Waals surface area contributed by atoms with Crippen LogP contribution in [0.15, 0.2) is 0 Å². The maximum absolute atomic E-state index is 14.2. The number of rotatable bonds is 9. The number of hydrogen-bond acceptors (Lipinski definition) is 14. The first-order valence-electron chi connectivity index (χ1n) is 19.4. The van der Waals surface area contributed by atoms with Gasteiger partial charge < -0.3 is 58.5 Å². The zero-order valence-corrected chi connectivity index (χ0v) is 34.7. The predicted octanol–water partition coefficient (Wildman–Crippen LogP) is 2.44. The first-order valence-corrected chi connectivity index (χ1v) is 19.4. The van der Waals surface area contributed by atoms with Crippen LogP contribution in [0.1, 0.15) is 94.9 Å². The monoisotopic (exact) mass is 771 g/mol. The van der Waals surface area contributed by atoms with Crippen LogP contribution in [0.2, 0.25) is 0 Å². The van der Waals surface area contributed by atoms with E-state index in [9.17, 15) is 30.0 Å². The Morgan fingerprint density at radius 3 is 2.11 bits per heavy atom. The van der Waals surface area contributed by atoms with Gasteiger partial charge in [0.1, 0.15) is 36.3 Å². The van der Waals surface area contributed by atoms with Gasteiger partial charge >= 0.3 is 5.97 Å². The average molecular weight is 772 g/mol. The Morgan fingerprint density at radius 2 is 1.56 bits per heavy atom. The highest BCUT2D eigenvalue weighted by Crippen LogP contribution is 2.42. The summed E-state index contributed by atoms with van der Waals surface area (Å²) >= 11 is 0. The lowest BCUT2D eigenvalue weighted by Gasteiger charge is -2.50. The smallest absolute Gasteiger partial charge is 0.311 e. The number of ether oxygens (including phenoxy) is 7. The normalized spacial score (nSPS) is 47.5. The highest BCUT2D eigenvalue weighted by molar-refractivity contribution is 5.83.